The van der Waals surface area contributed by atoms with Crippen LogP contribution >= 0.6 is 11.8 Å². The average molecular weight is 299 g/mol. The van der Waals surface area contributed by atoms with Gasteiger partial charge in [0.2, 0.25) is 5.91 Å². The summed E-state index contributed by atoms with van der Waals surface area (Å²) in [6.07, 6.45) is 0.539. The molecule has 0 bridgehead atoms. The summed E-state index contributed by atoms with van der Waals surface area (Å²) in [5.74, 6) is 1.35. The Labute approximate surface area is 117 Å². The molecule has 6 heteroatoms. The molecule has 0 unspecified atom stereocenters. The number of hydrogen-bond donors (Lipinski definition) is 1. The predicted molar refractivity (Wildman–Crippen MR) is 77.8 cm³/mol. The molecule has 1 saturated heterocycles. The zero-order valence-electron chi connectivity index (χ0n) is 10.5. The van der Waals surface area contributed by atoms with Crippen molar-refractivity contribution >= 4 is 27.5 Å². The Morgan fingerprint density at radius 2 is 2.05 bits per heavy atom. The van der Waals surface area contributed by atoms with E-state index < -0.39 is 9.84 Å². The van der Waals surface area contributed by atoms with Crippen LogP contribution in [-0.2, 0) is 20.4 Å². The first-order valence-electron chi connectivity index (χ1n) is 6.17. The number of nitrogens with one attached hydrogen (secondary N) is 1. The van der Waals surface area contributed by atoms with Crippen LogP contribution < -0.4 is 5.32 Å². The molecule has 1 aromatic carbocycles. The monoisotopic (exact) mass is 299 g/mol. The smallest absolute Gasteiger partial charge is 0.230 e. The highest BCUT2D eigenvalue weighted by Gasteiger charge is 2.28. The van der Waals surface area contributed by atoms with Crippen molar-refractivity contribution in [2.75, 3.05) is 17.3 Å². The van der Waals surface area contributed by atoms with E-state index in [0.717, 1.165) is 5.75 Å². The van der Waals surface area contributed by atoms with Gasteiger partial charge in [-0.1, -0.05) is 30.3 Å². The minimum absolute atomic E-state index is 0.0805. The zero-order chi connectivity index (χ0) is 13.7. The molecule has 1 heterocycles. The Morgan fingerprint density at radius 1 is 1.32 bits per heavy atom. The Morgan fingerprint density at radius 3 is 2.68 bits per heavy atom. The van der Waals surface area contributed by atoms with Crippen LogP contribution in [0.5, 0.6) is 0 Å². The van der Waals surface area contributed by atoms with Gasteiger partial charge in [-0.25, -0.2) is 8.42 Å². The maximum Gasteiger partial charge on any atom is 0.230 e. The molecule has 1 amide bonds. The minimum atomic E-state index is -2.93. The fraction of sp³-hybridized carbons (Fsp3) is 0.462. The molecule has 1 N–H and O–H groups in total. The van der Waals surface area contributed by atoms with Gasteiger partial charge >= 0.3 is 0 Å². The second-order valence-electron chi connectivity index (χ2n) is 4.65. The number of amides is 1. The number of carbonyl (C=O) groups excluding carboxylic acids is 1. The minimum Gasteiger partial charge on any atom is -0.352 e. The molecular formula is C13H17NO3S2. The molecule has 1 fully saturated rings. The van der Waals surface area contributed by atoms with Crippen LogP contribution in [0, 0.1) is 0 Å². The lowest BCUT2D eigenvalue weighted by atomic mass is 10.2. The average Bonchev–Trinajstić information content (AvgIpc) is 2.70. The second-order valence-corrected chi connectivity index (χ2v) is 7.86. The highest BCUT2D eigenvalue weighted by molar-refractivity contribution is 7.99. The highest BCUT2D eigenvalue weighted by Crippen LogP contribution is 2.13. The number of thioether (sulfide) groups is 1. The summed E-state index contributed by atoms with van der Waals surface area (Å²) in [6, 6.07) is 9.75. The number of rotatable bonds is 5. The Bertz CT molecular complexity index is 528. The summed E-state index contributed by atoms with van der Waals surface area (Å²) in [4.78, 5) is 11.7. The van der Waals surface area contributed by atoms with Gasteiger partial charge in [-0.15, -0.1) is 11.8 Å². The first-order valence-corrected chi connectivity index (χ1v) is 9.14. The number of hydrogen-bond acceptors (Lipinski definition) is 4. The molecule has 0 saturated carbocycles. The maximum absolute atomic E-state index is 11.7. The van der Waals surface area contributed by atoms with E-state index >= 15 is 0 Å². The van der Waals surface area contributed by atoms with E-state index in [9.17, 15) is 13.2 Å². The largest absolute Gasteiger partial charge is 0.352 e. The second kappa shape index (κ2) is 6.43. The van der Waals surface area contributed by atoms with Crippen LogP contribution in [0.3, 0.4) is 0 Å². The van der Waals surface area contributed by atoms with Gasteiger partial charge < -0.3 is 5.32 Å². The normalized spacial score (nSPS) is 21.2. The molecule has 4 nitrogen and oxygen atoms in total. The van der Waals surface area contributed by atoms with Gasteiger partial charge in [0.15, 0.2) is 9.84 Å². The van der Waals surface area contributed by atoms with Gasteiger partial charge in [0, 0.05) is 11.8 Å². The van der Waals surface area contributed by atoms with Gasteiger partial charge in [0.1, 0.15) is 0 Å². The molecule has 1 atom stereocenters. The SMILES string of the molecule is O=C(CSCc1ccccc1)N[C@@H]1CCS(=O)(=O)C1. The molecule has 0 spiro atoms. The lowest BCUT2D eigenvalue weighted by Crippen LogP contribution is -2.36. The summed E-state index contributed by atoms with van der Waals surface area (Å²) in [6.45, 7) is 0. The van der Waals surface area contributed by atoms with E-state index in [1.54, 1.807) is 0 Å². The van der Waals surface area contributed by atoms with E-state index in [-0.39, 0.29) is 23.5 Å². The molecular weight excluding hydrogens is 282 g/mol. The van der Waals surface area contributed by atoms with Crippen LogP contribution in [-0.4, -0.2) is 37.6 Å². The fourth-order valence-electron chi connectivity index (χ4n) is 2.01. The molecule has 19 heavy (non-hydrogen) atoms. The predicted octanol–water partition coefficient (Wildman–Crippen LogP) is 1.22. The van der Waals surface area contributed by atoms with Crippen molar-refractivity contribution in [1.82, 2.24) is 5.32 Å². The summed E-state index contributed by atoms with van der Waals surface area (Å²) < 4.78 is 22.5. The Balaban J connectivity index is 1.68. The van der Waals surface area contributed by atoms with Crippen LogP contribution in [0.1, 0.15) is 12.0 Å². The summed E-state index contributed by atoms with van der Waals surface area (Å²) in [7, 11) is -2.93. The molecule has 1 aromatic rings. The third-order valence-electron chi connectivity index (χ3n) is 2.94. The maximum atomic E-state index is 11.7. The quantitative estimate of drug-likeness (QED) is 0.888. The van der Waals surface area contributed by atoms with Crippen LogP contribution in [0.4, 0.5) is 0 Å². The van der Waals surface area contributed by atoms with Crippen LogP contribution in [0.25, 0.3) is 0 Å². The third kappa shape index (κ3) is 4.87. The van der Waals surface area contributed by atoms with E-state index in [1.165, 1.54) is 17.3 Å². The summed E-state index contributed by atoms with van der Waals surface area (Å²) in [5.41, 5.74) is 1.18. The third-order valence-corrected chi connectivity index (χ3v) is 5.71. The van der Waals surface area contributed by atoms with E-state index in [1.807, 2.05) is 30.3 Å². The lowest BCUT2D eigenvalue weighted by Gasteiger charge is -2.10. The van der Waals surface area contributed by atoms with Gasteiger partial charge in [-0.2, -0.15) is 0 Å². The molecule has 1 aliphatic heterocycles. The van der Waals surface area contributed by atoms with Gasteiger partial charge in [-0.05, 0) is 12.0 Å². The molecule has 0 radical (unpaired) electrons. The van der Waals surface area contributed by atoms with Crippen molar-refractivity contribution < 1.29 is 13.2 Å². The first kappa shape index (κ1) is 14.4. The van der Waals surface area contributed by atoms with Crippen LogP contribution in [0.2, 0.25) is 0 Å². The lowest BCUT2D eigenvalue weighted by molar-refractivity contribution is -0.119. The zero-order valence-corrected chi connectivity index (χ0v) is 12.2. The van der Waals surface area contributed by atoms with Gasteiger partial charge in [0.25, 0.3) is 0 Å². The van der Waals surface area contributed by atoms with E-state index in [0.29, 0.717) is 12.2 Å². The standard InChI is InChI=1S/C13H17NO3S2/c15-13(14-12-6-7-19(16,17)10-12)9-18-8-11-4-2-1-3-5-11/h1-5,12H,6-10H2,(H,14,15)/t12-/m1/s1. The molecule has 2 rings (SSSR count). The molecule has 0 aromatic heterocycles. The summed E-state index contributed by atoms with van der Waals surface area (Å²) >= 11 is 1.54. The first-order chi connectivity index (χ1) is 9.05. The van der Waals surface area contributed by atoms with Crippen molar-refractivity contribution in [2.45, 2.75) is 18.2 Å². The van der Waals surface area contributed by atoms with Crippen LogP contribution in [0.15, 0.2) is 30.3 Å². The molecule has 1 aliphatic rings. The topological polar surface area (TPSA) is 63.2 Å². The Kier molecular flexibility index (Phi) is 4.87. The molecule has 104 valence electrons. The number of sulfone groups is 1. The van der Waals surface area contributed by atoms with Crippen molar-refractivity contribution in [3.8, 4) is 0 Å². The van der Waals surface area contributed by atoms with E-state index in [4.69, 9.17) is 0 Å². The van der Waals surface area contributed by atoms with E-state index in [2.05, 4.69) is 5.32 Å². The van der Waals surface area contributed by atoms with Gasteiger partial charge in [0.05, 0.1) is 17.3 Å². The Hall–Kier alpha value is -1.01. The van der Waals surface area contributed by atoms with Gasteiger partial charge in [-0.3, -0.25) is 4.79 Å². The molecule has 0 aliphatic carbocycles. The highest BCUT2D eigenvalue weighted by atomic mass is 32.2. The van der Waals surface area contributed by atoms with Crippen molar-refractivity contribution in [1.29, 1.82) is 0 Å². The number of benzene rings is 1. The fourth-order valence-corrected chi connectivity index (χ4v) is 4.49. The van der Waals surface area contributed by atoms with Crippen molar-refractivity contribution in [3.05, 3.63) is 35.9 Å². The summed E-state index contributed by atoms with van der Waals surface area (Å²) in [5, 5.41) is 2.78. The number of carbonyl (C=O) groups is 1. The van der Waals surface area contributed by atoms with Crippen molar-refractivity contribution in [3.63, 3.8) is 0 Å². The van der Waals surface area contributed by atoms with Crippen molar-refractivity contribution in [2.24, 2.45) is 0 Å².